The highest BCUT2D eigenvalue weighted by atomic mass is 16.6. The van der Waals surface area contributed by atoms with Crippen LogP contribution in [-0.2, 0) is 19.1 Å². The largest absolute Gasteiger partial charge is 0.632 e. The lowest BCUT2D eigenvalue weighted by Gasteiger charge is -2.59. The zero-order valence-electron chi connectivity index (χ0n) is 19.3. The predicted molar refractivity (Wildman–Crippen MR) is 122 cm³/mol. The van der Waals surface area contributed by atoms with Gasteiger partial charge in [-0.05, 0) is 56.9 Å². The van der Waals surface area contributed by atoms with E-state index in [1.165, 1.54) is 0 Å². The molecule has 1 aromatic carbocycles. The maximum Gasteiger partial charge on any atom is 0.303 e. The van der Waals surface area contributed by atoms with Gasteiger partial charge in [0.15, 0.2) is 6.54 Å². The van der Waals surface area contributed by atoms with Gasteiger partial charge < -0.3 is 30.3 Å². The van der Waals surface area contributed by atoms with Gasteiger partial charge in [-0.15, -0.1) is 0 Å². The van der Waals surface area contributed by atoms with Gasteiger partial charge in [-0.1, -0.05) is 6.92 Å². The van der Waals surface area contributed by atoms with Crippen molar-refractivity contribution in [3.63, 3.8) is 0 Å². The molecule has 1 aromatic rings. The van der Waals surface area contributed by atoms with Crippen molar-refractivity contribution in [1.82, 2.24) is 0 Å². The molecule has 0 aromatic heterocycles. The first kappa shape index (κ1) is 23.7. The van der Waals surface area contributed by atoms with Gasteiger partial charge in [0.1, 0.15) is 0 Å². The fraction of sp³-hybridized carbons (Fsp3) is 0.625. The summed E-state index contributed by atoms with van der Waals surface area (Å²) in [7, 11) is 0. The van der Waals surface area contributed by atoms with Crippen LogP contribution in [-0.4, -0.2) is 58.4 Å². The first-order valence-electron chi connectivity index (χ1n) is 11.7. The summed E-state index contributed by atoms with van der Waals surface area (Å²) in [6, 6.07) is 6.54. The van der Waals surface area contributed by atoms with E-state index in [1.54, 1.807) is 24.3 Å². The number of fused-ring (bicyclic) bond motifs is 3. The van der Waals surface area contributed by atoms with Gasteiger partial charge in [-0.25, -0.2) is 0 Å². The molecule has 33 heavy (non-hydrogen) atoms. The van der Waals surface area contributed by atoms with E-state index in [1.807, 2.05) is 0 Å². The molecular formula is C24H33N3O6. The standard InChI is InChI=1S/C24H33N3O6/c1-23-12-4-14-27(32,18(23)11-13-24(2)22(23)33-24)15-20(29)26-17-9-7-16(8-10-17)25-19(28)5-3-6-21(30)31/h7-10,18,22H,3-6,11-15H2,1-2H3,(H,25,28)(H,26,29)(H,30,31)/t18-,22+,23+,24-,27+/m1/s1. The highest BCUT2D eigenvalue weighted by Gasteiger charge is 2.70. The number of rotatable bonds is 8. The summed E-state index contributed by atoms with van der Waals surface area (Å²) in [6.07, 6.45) is 3.87. The Morgan fingerprint density at radius 1 is 1.09 bits per heavy atom. The second kappa shape index (κ2) is 8.70. The summed E-state index contributed by atoms with van der Waals surface area (Å²) in [5.41, 5.74) is 0.833. The van der Waals surface area contributed by atoms with Crippen molar-refractivity contribution in [2.45, 2.75) is 76.5 Å². The van der Waals surface area contributed by atoms with E-state index in [2.05, 4.69) is 24.5 Å². The van der Waals surface area contributed by atoms with E-state index in [-0.39, 0.29) is 60.8 Å². The Kier molecular flexibility index (Phi) is 6.24. The molecule has 0 bridgehead atoms. The van der Waals surface area contributed by atoms with Gasteiger partial charge in [-0.3, -0.25) is 14.4 Å². The van der Waals surface area contributed by atoms with E-state index in [0.29, 0.717) is 17.9 Å². The number of anilines is 2. The number of epoxide rings is 1. The molecule has 0 spiro atoms. The molecule has 3 N–H and O–H groups in total. The number of aliphatic carboxylic acids is 1. The summed E-state index contributed by atoms with van der Waals surface area (Å²) in [5.74, 6) is -1.51. The Morgan fingerprint density at radius 3 is 2.36 bits per heavy atom. The molecule has 180 valence electrons. The lowest BCUT2D eigenvalue weighted by Crippen LogP contribution is -2.66. The minimum absolute atomic E-state index is 0.0505. The first-order chi connectivity index (χ1) is 15.5. The molecule has 2 amide bonds. The van der Waals surface area contributed by atoms with Crippen LogP contribution in [0.2, 0.25) is 0 Å². The maximum absolute atomic E-state index is 13.8. The number of carbonyl (C=O) groups is 3. The number of quaternary nitrogens is 1. The number of hydrogen-bond donors (Lipinski definition) is 3. The number of piperidine rings is 1. The predicted octanol–water partition coefficient (Wildman–Crippen LogP) is 3.25. The van der Waals surface area contributed by atoms with Crippen LogP contribution in [0, 0.1) is 10.6 Å². The number of carboxylic acids is 1. The van der Waals surface area contributed by atoms with Crippen LogP contribution < -0.4 is 10.6 Å². The molecule has 2 saturated heterocycles. The molecule has 1 aliphatic carbocycles. The molecule has 2 aliphatic heterocycles. The molecular weight excluding hydrogens is 426 g/mol. The molecule has 0 unspecified atom stereocenters. The summed E-state index contributed by atoms with van der Waals surface area (Å²) in [6.45, 7) is 4.61. The van der Waals surface area contributed by atoms with Crippen molar-refractivity contribution in [3.8, 4) is 0 Å². The molecule has 2 heterocycles. The topological polar surface area (TPSA) is 131 Å². The van der Waals surface area contributed by atoms with Gasteiger partial charge in [0.25, 0.3) is 5.91 Å². The smallest absolute Gasteiger partial charge is 0.303 e. The Morgan fingerprint density at radius 2 is 1.73 bits per heavy atom. The zero-order chi connectivity index (χ0) is 23.9. The number of carboxylic acid groups (broad SMARTS) is 1. The van der Waals surface area contributed by atoms with Crippen molar-refractivity contribution >= 4 is 29.2 Å². The zero-order valence-corrected chi connectivity index (χ0v) is 19.3. The first-order valence-corrected chi connectivity index (χ1v) is 11.7. The average molecular weight is 460 g/mol. The highest BCUT2D eigenvalue weighted by Crippen LogP contribution is 2.61. The molecule has 0 radical (unpaired) electrons. The molecule has 4 rings (SSSR count). The van der Waals surface area contributed by atoms with Crippen molar-refractivity contribution in [3.05, 3.63) is 29.5 Å². The molecule has 9 nitrogen and oxygen atoms in total. The van der Waals surface area contributed by atoms with E-state index >= 15 is 0 Å². The quantitative estimate of drug-likeness (QED) is 0.311. The molecule has 3 fully saturated rings. The third-order valence-electron chi connectivity index (χ3n) is 7.64. The Hall–Kier alpha value is -2.49. The van der Waals surface area contributed by atoms with Crippen molar-refractivity contribution in [2.75, 3.05) is 23.7 Å². The lowest BCUT2D eigenvalue weighted by molar-refractivity contribution is -0.913. The van der Waals surface area contributed by atoms with Crippen LogP contribution in [0.25, 0.3) is 0 Å². The van der Waals surface area contributed by atoms with Crippen LogP contribution in [0.1, 0.15) is 58.8 Å². The van der Waals surface area contributed by atoms with Gasteiger partial charge in [0.05, 0.1) is 24.3 Å². The van der Waals surface area contributed by atoms with Crippen LogP contribution >= 0.6 is 0 Å². The van der Waals surface area contributed by atoms with E-state index in [9.17, 15) is 19.6 Å². The molecule has 3 aliphatic rings. The van der Waals surface area contributed by atoms with Gasteiger partial charge >= 0.3 is 5.97 Å². The Balaban J connectivity index is 1.31. The Labute approximate surface area is 193 Å². The summed E-state index contributed by atoms with van der Waals surface area (Å²) in [5, 5.41) is 28.0. The lowest BCUT2D eigenvalue weighted by atomic mass is 9.63. The van der Waals surface area contributed by atoms with E-state index in [4.69, 9.17) is 9.84 Å². The number of ether oxygens (including phenoxy) is 1. The number of likely N-dealkylation sites (tertiary alicyclic amines) is 1. The van der Waals surface area contributed by atoms with Crippen molar-refractivity contribution in [1.29, 1.82) is 0 Å². The fourth-order valence-corrected chi connectivity index (χ4v) is 6.03. The number of benzene rings is 1. The van der Waals surface area contributed by atoms with Gasteiger partial charge in [-0.2, -0.15) is 0 Å². The third kappa shape index (κ3) is 4.90. The number of hydrogen-bond acceptors (Lipinski definition) is 5. The van der Waals surface area contributed by atoms with Crippen LogP contribution in [0.5, 0.6) is 0 Å². The van der Waals surface area contributed by atoms with Crippen LogP contribution in [0.3, 0.4) is 0 Å². The van der Waals surface area contributed by atoms with Crippen molar-refractivity contribution in [2.24, 2.45) is 5.41 Å². The van der Waals surface area contributed by atoms with E-state index in [0.717, 1.165) is 25.7 Å². The second-order valence-electron chi connectivity index (χ2n) is 10.2. The third-order valence-corrected chi connectivity index (χ3v) is 7.64. The average Bonchev–Trinajstić information content (AvgIpc) is 3.42. The fourth-order valence-electron chi connectivity index (χ4n) is 6.03. The van der Waals surface area contributed by atoms with Gasteiger partial charge in [0.2, 0.25) is 5.91 Å². The van der Waals surface area contributed by atoms with Crippen LogP contribution in [0.4, 0.5) is 11.4 Å². The van der Waals surface area contributed by atoms with Crippen LogP contribution in [0.15, 0.2) is 24.3 Å². The highest BCUT2D eigenvalue weighted by molar-refractivity contribution is 5.93. The SMILES string of the molecule is C[C@]12CCC[N@+]([O-])(CC(=O)Nc3ccc(NC(=O)CCCC(=O)O)cc3)[C@@H]1CC[C@@]1(C)O[C@@H]21. The minimum Gasteiger partial charge on any atom is -0.632 e. The summed E-state index contributed by atoms with van der Waals surface area (Å²) < 4.78 is 5.50. The number of carbonyl (C=O) groups excluding carboxylic acids is 2. The molecule has 5 atom stereocenters. The van der Waals surface area contributed by atoms with Gasteiger partial charge in [0, 0.05) is 36.1 Å². The molecule has 9 heteroatoms. The number of hydroxylamine groups is 3. The number of nitrogens with zero attached hydrogens (tertiary/aromatic N) is 1. The minimum atomic E-state index is -0.929. The number of amides is 2. The second-order valence-corrected chi connectivity index (χ2v) is 10.2. The summed E-state index contributed by atoms with van der Waals surface area (Å²) >= 11 is 0. The van der Waals surface area contributed by atoms with E-state index < -0.39 is 10.6 Å². The monoisotopic (exact) mass is 459 g/mol. The maximum atomic E-state index is 13.8. The van der Waals surface area contributed by atoms with Crippen molar-refractivity contribution < 1.29 is 28.9 Å². The molecule has 1 saturated carbocycles. The number of nitrogens with one attached hydrogen (secondary N) is 2. The Bertz CT molecular complexity index is 937. The summed E-state index contributed by atoms with van der Waals surface area (Å²) in [4.78, 5) is 35.2. The normalized spacial score (nSPS) is 34.5.